The van der Waals surface area contributed by atoms with E-state index in [1.54, 1.807) is 0 Å². The minimum Gasteiger partial charge on any atom is -0.321 e. The van der Waals surface area contributed by atoms with Crippen LogP contribution in [0.15, 0.2) is 18.2 Å². The summed E-state index contributed by atoms with van der Waals surface area (Å²) in [5, 5.41) is 0. The van der Waals surface area contributed by atoms with Gasteiger partial charge in [0.25, 0.3) is 0 Å². The fraction of sp³-hybridized carbons (Fsp3) is 0.455. The Bertz CT molecular complexity index is 319. The number of halogens is 2. The number of nitrogens with two attached hydrogens (primary N) is 1. The maximum atomic E-state index is 13.4. The van der Waals surface area contributed by atoms with Crippen LogP contribution in [0.25, 0.3) is 0 Å². The summed E-state index contributed by atoms with van der Waals surface area (Å²) in [6.07, 6.45) is 1.26. The van der Waals surface area contributed by atoms with Crippen molar-refractivity contribution < 1.29 is 8.78 Å². The van der Waals surface area contributed by atoms with Crippen molar-refractivity contribution in [3.63, 3.8) is 0 Å². The van der Waals surface area contributed by atoms with Gasteiger partial charge in [0.1, 0.15) is 11.6 Å². The molecule has 0 radical (unpaired) electrons. The zero-order chi connectivity index (χ0) is 10.8. The van der Waals surface area contributed by atoms with Gasteiger partial charge in [-0.05, 0) is 18.9 Å². The highest BCUT2D eigenvalue weighted by atomic mass is 19.1. The topological polar surface area (TPSA) is 26.0 Å². The molecule has 78 valence electrons. The Labute approximate surface area is 82.9 Å². The van der Waals surface area contributed by atoms with Gasteiger partial charge in [-0.3, -0.25) is 0 Å². The van der Waals surface area contributed by atoms with Crippen molar-refractivity contribution in [1.82, 2.24) is 0 Å². The third-order valence-electron chi connectivity index (χ3n) is 2.73. The highest BCUT2D eigenvalue weighted by molar-refractivity contribution is 5.26. The predicted octanol–water partition coefficient (Wildman–Crippen LogP) is 2.94. The Morgan fingerprint density at radius 2 is 1.79 bits per heavy atom. The molecule has 2 N–H and O–H groups in total. The van der Waals surface area contributed by atoms with Gasteiger partial charge in [-0.15, -0.1) is 0 Å². The average molecular weight is 199 g/mol. The number of hydrogen-bond acceptors (Lipinski definition) is 1. The monoisotopic (exact) mass is 199 g/mol. The molecule has 1 aromatic carbocycles. The first-order valence-electron chi connectivity index (χ1n) is 4.78. The zero-order valence-electron chi connectivity index (χ0n) is 8.48. The van der Waals surface area contributed by atoms with Gasteiger partial charge in [-0.25, -0.2) is 8.78 Å². The summed E-state index contributed by atoms with van der Waals surface area (Å²) >= 11 is 0. The summed E-state index contributed by atoms with van der Waals surface area (Å²) < 4.78 is 26.1. The number of hydrogen-bond donors (Lipinski definition) is 1. The van der Waals surface area contributed by atoms with E-state index in [-0.39, 0.29) is 0 Å². The van der Waals surface area contributed by atoms with Crippen LogP contribution in [0.1, 0.15) is 32.3 Å². The molecule has 0 heterocycles. The summed E-state index contributed by atoms with van der Waals surface area (Å²) in [6, 6.07) is 3.55. The van der Waals surface area contributed by atoms with Crippen LogP contribution in [-0.4, -0.2) is 0 Å². The molecular formula is C11H15F2N. The molecule has 0 aliphatic carbocycles. The van der Waals surface area contributed by atoms with E-state index >= 15 is 0 Å². The highest BCUT2D eigenvalue weighted by Gasteiger charge is 2.26. The van der Waals surface area contributed by atoms with Crippen LogP contribution in [-0.2, 0) is 5.54 Å². The Morgan fingerprint density at radius 3 is 2.21 bits per heavy atom. The Kier molecular flexibility index (Phi) is 3.21. The average Bonchev–Trinajstić information content (AvgIpc) is 2.17. The van der Waals surface area contributed by atoms with Crippen molar-refractivity contribution in [2.45, 2.75) is 32.2 Å². The first-order valence-corrected chi connectivity index (χ1v) is 4.78. The SMILES string of the molecule is CCC(N)(CC)c1ccc(F)cc1F. The standard InChI is InChI=1S/C11H15F2N/c1-3-11(14,4-2)9-6-5-8(12)7-10(9)13/h5-7H,3-4,14H2,1-2H3. The van der Waals surface area contributed by atoms with Crippen molar-refractivity contribution in [2.24, 2.45) is 5.73 Å². The van der Waals surface area contributed by atoms with E-state index in [0.29, 0.717) is 18.4 Å². The first kappa shape index (κ1) is 11.1. The van der Waals surface area contributed by atoms with Gasteiger partial charge in [0.2, 0.25) is 0 Å². The van der Waals surface area contributed by atoms with Gasteiger partial charge in [-0.2, -0.15) is 0 Å². The molecule has 0 bridgehead atoms. The molecule has 0 aliphatic heterocycles. The minimum absolute atomic E-state index is 0.393. The summed E-state index contributed by atoms with van der Waals surface area (Å²) in [6.45, 7) is 3.79. The normalized spacial score (nSPS) is 11.8. The van der Waals surface area contributed by atoms with E-state index in [1.165, 1.54) is 12.1 Å². The molecular weight excluding hydrogens is 184 g/mol. The lowest BCUT2D eigenvalue weighted by Gasteiger charge is -2.27. The summed E-state index contributed by atoms with van der Waals surface area (Å²) in [5.74, 6) is -1.13. The van der Waals surface area contributed by atoms with Gasteiger partial charge < -0.3 is 5.73 Å². The summed E-state index contributed by atoms with van der Waals surface area (Å²) in [5.41, 5.74) is 5.72. The van der Waals surface area contributed by atoms with E-state index in [4.69, 9.17) is 5.73 Å². The molecule has 0 fully saturated rings. The fourth-order valence-electron chi connectivity index (χ4n) is 1.52. The van der Waals surface area contributed by atoms with Gasteiger partial charge in [0.15, 0.2) is 0 Å². The highest BCUT2D eigenvalue weighted by Crippen LogP contribution is 2.28. The molecule has 0 aromatic heterocycles. The van der Waals surface area contributed by atoms with Crippen LogP contribution < -0.4 is 5.73 Å². The molecule has 1 aromatic rings. The lowest BCUT2D eigenvalue weighted by molar-refractivity contribution is 0.390. The first-order chi connectivity index (χ1) is 6.53. The molecule has 0 saturated heterocycles. The minimum atomic E-state index is -0.683. The Hall–Kier alpha value is -0.960. The lowest BCUT2D eigenvalue weighted by Crippen LogP contribution is -2.36. The van der Waals surface area contributed by atoms with Crippen molar-refractivity contribution in [3.8, 4) is 0 Å². The van der Waals surface area contributed by atoms with Crippen molar-refractivity contribution >= 4 is 0 Å². The third kappa shape index (κ3) is 1.93. The van der Waals surface area contributed by atoms with E-state index in [2.05, 4.69) is 0 Å². The molecule has 3 heteroatoms. The van der Waals surface area contributed by atoms with Crippen LogP contribution in [0.5, 0.6) is 0 Å². The van der Waals surface area contributed by atoms with E-state index in [0.717, 1.165) is 6.07 Å². The van der Waals surface area contributed by atoms with Gasteiger partial charge in [-0.1, -0.05) is 19.9 Å². The quantitative estimate of drug-likeness (QED) is 0.795. The van der Waals surface area contributed by atoms with E-state index in [1.807, 2.05) is 13.8 Å². The van der Waals surface area contributed by atoms with Crippen LogP contribution in [0.2, 0.25) is 0 Å². The number of rotatable bonds is 3. The smallest absolute Gasteiger partial charge is 0.131 e. The predicted molar refractivity (Wildman–Crippen MR) is 52.8 cm³/mol. The second-order valence-corrected chi connectivity index (χ2v) is 3.49. The lowest BCUT2D eigenvalue weighted by atomic mass is 9.85. The summed E-state index contributed by atoms with van der Waals surface area (Å²) in [7, 11) is 0. The summed E-state index contributed by atoms with van der Waals surface area (Å²) in [4.78, 5) is 0. The molecule has 0 atom stereocenters. The largest absolute Gasteiger partial charge is 0.321 e. The van der Waals surface area contributed by atoms with Gasteiger partial charge >= 0.3 is 0 Å². The van der Waals surface area contributed by atoms with Crippen LogP contribution in [0.4, 0.5) is 8.78 Å². The molecule has 0 amide bonds. The van der Waals surface area contributed by atoms with Gasteiger partial charge in [0, 0.05) is 17.2 Å². The zero-order valence-corrected chi connectivity index (χ0v) is 8.48. The third-order valence-corrected chi connectivity index (χ3v) is 2.73. The molecule has 1 rings (SSSR count). The Morgan fingerprint density at radius 1 is 1.21 bits per heavy atom. The maximum Gasteiger partial charge on any atom is 0.131 e. The molecule has 0 spiro atoms. The molecule has 0 unspecified atom stereocenters. The molecule has 14 heavy (non-hydrogen) atoms. The van der Waals surface area contributed by atoms with Crippen LogP contribution >= 0.6 is 0 Å². The number of benzene rings is 1. The second-order valence-electron chi connectivity index (χ2n) is 3.49. The second kappa shape index (κ2) is 4.05. The van der Waals surface area contributed by atoms with Gasteiger partial charge in [0.05, 0.1) is 0 Å². The van der Waals surface area contributed by atoms with Crippen molar-refractivity contribution in [1.29, 1.82) is 0 Å². The van der Waals surface area contributed by atoms with Crippen molar-refractivity contribution in [3.05, 3.63) is 35.4 Å². The van der Waals surface area contributed by atoms with E-state index < -0.39 is 17.2 Å². The van der Waals surface area contributed by atoms with Crippen molar-refractivity contribution in [2.75, 3.05) is 0 Å². The molecule has 0 aliphatic rings. The molecule has 1 nitrogen and oxygen atoms in total. The maximum absolute atomic E-state index is 13.4. The fourth-order valence-corrected chi connectivity index (χ4v) is 1.52. The van der Waals surface area contributed by atoms with Crippen LogP contribution in [0, 0.1) is 11.6 Å². The Balaban J connectivity index is 3.17. The molecule has 0 saturated carbocycles. The van der Waals surface area contributed by atoms with Crippen LogP contribution in [0.3, 0.4) is 0 Å². The van der Waals surface area contributed by atoms with E-state index in [9.17, 15) is 8.78 Å².